The van der Waals surface area contributed by atoms with Crippen LogP contribution in [-0.4, -0.2) is 27.8 Å². The lowest BCUT2D eigenvalue weighted by molar-refractivity contribution is 0.0951. The van der Waals surface area contributed by atoms with Gasteiger partial charge in [0, 0.05) is 29.3 Å². The van der Waals surface area contributed by atoms with Gasteiger partial charge < -0.3 is 10.1 Å². The van der Waals surface area contributed by atoms with Gasteiger partial charge in [0.25, 0.3) is 11.5 Å². The number of hydrogen-bond acceptors (Lipinski definition) is 4. The van der Waals surface area contributed by atoms with Crippen LogP contribution in [-0.2, 0) is 6.54 Å². The van der Waals surface area contributed by atoms with Gasteiger partial charge in [-0.05, 0) is 61.4 Å². The highest BCUT2D eigenvalue weighted by Gasteiger charge is 2.15. The van der Waals surface area contributed by atoms with Crippen LogP contribution >= 0.6 is 0 Å². The Balaban J connectivity index is 1.52. The van der Waals surface area contributed by atoms with Crippen LogP contribution in [0.1, 0.15) is 27.0 Å². The zero-order valence-corrected chi connectivity index (χ0v) is 19.2. The summed E-state index contributed by atoms with van der Waals surface area (Å²) in [5, 5.41) is 7.35. The molecule has 0 unspecified atom stereocenters. The van der Waals surface area contributed by atoms with Gasteiger partial charge >= 0.3 is 0 Å². The van der Waals surface area contributed by atoms with Crippen molar-refractivity contribution in [3.63, 3.8) is 0 Å². The van der Waals surface area contributed by atoms with Crippen LogP contribution in [0, 0.1) is 13.8 Å². The van der Waals surface area contributed by atoms with E-state index in [1.165, 1.54) is 4.68 Å². The summed E-state index contributed by atoms with van der Waals surface area (Å²) in [5.41, 5.74) is 5.54. The van der Waals surface area contributed by atoms with Crippen molar-refractivity contribution in [1.29, 1.82) is 0 Å². The molecule has 0 bridgehead atoms. The average molecular weight is 453 g/mol. The number of fused-ring (bicyclic) bond motifs is 3. The van der Waals surface area contributed by atoms with Gasteiger partial charge in [-0.15, -0.1) is 0 Å². The molecule has 5 aromatic rings. The van der Waals surface area contributed by atoms with Crippen molar-refractivity contribution in [2.24, 2.45) is 0 Å². The molecule has 0 radical (unpaired) electrons. The second-order valence-corrected chi connectivity index (χ2v) is 8.29. The van der Waals surface area contributed by atoms with Crippen LogP contribution in [0.4, 0.5) is 0 Å². The molecule has 0 atom stereocenters. The van der Waals surface area contributed by atoms with Gasteiger partial charge in [-0.1, -0.05) is 24.3 Å². The van der Waals surface area contributed by atoms with Crippen LogP contribution < -0.4 is 15.6 Å². The number of carbonyl (C=O) groups excluding carboxylic acids is 1. The van der Waals surface area contributed by atoms with Gasteiger partial charge in [-0.3, -0.25) is 19.7 Å². The number of methoxy groups -OCH3 is 1. The third-order valence-corrected chi connectivity index (χ3v) is 6.17. The molecule has 170 valence electrons. The Kier molecular flexibility index (Phi) is 5.37. The molecule has 0 fully saturated rings. The number of hydrogen-bond donors (Lipinski definition) is 2. The maximum Gasteiger partial charge on any atom is 0.280 e. The zero-order chi connectivity index (χ0) is 23.8. The Morgan fingerprint density at radius 1 is 1.03 bits per heavy atom. The summed E-state index contributed by atoms with van der Waals surface area (Å²) in [6, 6.07) is 18.7. The third-order valence-electron chi connectivity index (χ3n) is 6.17. The van der Waals surface area contributed by atoms with E-state index >= 15 is 0 Å². The molecular weight excluding hydrogens is 428 g/mol. The van der Waals surface area contributed by atoms with Crippen molar-refractivity contribution in [3.05, 3.63) is 99.5 Å². The first kappa shape index (κ1) is 21.5. The number of aryl methyl sites for hydroxylation is 2. The first-order valence-corrected chi connectivity index (χ1v) is 11.0. The van der Waals surface area contributed by atoms with Crippen molar-refractivity contribution in [1.82, 2.24) is 20.1 Å². The van der Waals surface area contributed by atoms with E-state index in [-0.39, 0.29) is 11.5 Å². The Morgan fingerprint density at radius 2 is 1.85 bits per heavy atom. The molecule has 2 aromatic heterocycles. The van der Waals surface area contributed by atoms with Crippen molar-refractivity contribution in [3.8, 4) is 11.4 Å². The van der Waals surface area contributed by atoms with E-state index in [2.05, 4.69) is 15.4 Å². The summed E-state index contributed by atoms with van der Waals surface area (Å²) in [6.45, 7) is 4.38. The average Bonchev–Trinajstić information content (AvgIpc) is 3.20. The Labute approximate surface area is 196 Å². The maximum atomic E-state index is 13.1. The largest absolute Gasteiger partial charge is 0.496 e. The molecule has 0 aliphatic rings. The number of nitrogens with one attached hydrogen (secondary N) is 2. The predicted octanol–water partition coefficient (Wildman–Crippen LogP) is 4.42. The molecule has 0 aliphatic carbocycles. The lowest BCUT2D eigenvalue weighted by Gasteiger charge is -2.10. The lowest BCUT2D eigenvalue weighted by atomic mass is 10.1. The monoisotopic (exact) mass is 452 g/mol. The Bertz CT molecular complexity index is 1610. The minimum atomic E-state index is -0.222. The second kappa shape index (κ2) is 8.51. The summed E-state index contributed by atoms with van der Waals surface area (Å²) in [6.07, 6.45) is 1.58. The summed E-state index contributed by atoms with van der Waals surface area (Å²) < 4.78 is 6.88. The van der Waals surface area contributed by atoms with Gasteiger partial charge in [-0.2, -0.15) is 0 Å². The van der Waals surface area contributed by atoms with Crippen LogP contribution in [0.25, 0.3) is 27.5 Å². The molecule has 0 saturated heterocycles. The van der Waals surface area contributed by atoms with E-state index in [1.807, 2.05) is 56.3 Å². The Hall–Kier alpha value is -4.39. The number of aromatic nitrogens is 3. The summed E-state index contributed by atoms with van der Waals surface area (Å²) in [5.74, 6) is 0.498. The van der Waals surface area contributed by atoms with Gasteiger partial charge in [-0.25, -0.2) is 4.68 Å². The first-order valence-electron chi connectivity index (χ1n) is 11.0. The fraction of sp³-hybridized carbons (Fsp3) is 0.148. The molecule has 0 aliphatic heterocycles. The fourth-order valence-corrected chi connectivity index (χ4v) is 4.07. The standard InChI is InChI=1S/C27H24N4O3/c1-16-8-10-20(12-17(16)2)31-27(33)22-15-28-23-11-9-18(13-21(23)25(22)30-31)26(32)29-14-19-6-4-5-7-24(19)34-3/h4-13,15,30H,14H2,1-3H3,(H,29,32). The number of carbonyl (C=O) groups is 1. The molecule has 0 saturated carbocycles. The van der Waals surface area contributed by atoms with Gasteiger partial charge in [0.2, 0.25) is 0 Å². The first-order chi connectivity index (χ1) is 16.5. The molecule has 2 heterocycles. The number of amides is 1. The van der Waals surface area contributed by atoms with Gasteiger partial charge in [0.05, 0.1) is 29.2 Å². The van der Waals surface area contributed by atoms with E-state index in [9.17, 15) is 9.59 Å². The van der Waals surface area contributed by atoms with E-state index in [0.29, 0.717) is 33.9 Å². The molecule has 2 N–H and O–H groups in total. The smallest absolute Gasteiger partial charge is 0.280 e. The minimum absolute atomic E-state index is 0.182. The quantitative estimate of drug-likeness (QED) is 0.413. The third kappa shape index (κ3) is 3.71. The normalized spacial score (nSPS) is 11.1. The van der Waals surface area contributed by atoms with Crippen molar-refractivity contribution in [2.75, 3.05) is 7.11 Å². The van der Waals surface area contributed by atoms with Crippen LogP contribution in [0.3, 0.4) is 0 Å². The van der Waals surface area contributed by atoms with Crippen LogP contribution in [0.2, 0.25) is 0 Å². The highest BCUT2D eigenvalue weighted by Crippen LogP contribution is 2.23. The van der Waals surface area contributed by atoms with Crippen molar-refractivity contribution in [2.45, 2.75) is 20.4 Å². The minimum Gasteiger partial charge on any atom is -0.496 e. The molecule has 7 heteroatoms. The van der Waals surface area contributed by atoms with E-state index in [4.69, 9.17) is 4.74 Å². The van der Waals surface area contributed by atoms with E-state index < -0.39 is 0 Å². The number of aromatic amines is 1. The van der Waals surface area contributed by atoms with Crippen LogP contribution in [0.15, 0.2) is 71.7 Å². The van der Waals surface area contributed by atoms with E-state index in [1.54, 1.807) is 31.5 Å². The predicted molar refractivity (Wildman–Crippen MR) is 133 cm³/mol. The molecule has 5 rings (SSSR count). The topological polar surface area (TPSA) is 89.0 Å². The molecule has 3 aromatic carbocycles. The van der Waals surface area contributed by atoms with Gasteiger partial charge in [0.15, 0.2) is 0 Å². The molecule has 0 spiro atoms. The molecular formula is C27H24N4O3. The zero-order valence-electron chi connectivity index (χ0n) is 19.2. The van der Waals surface area contributed by atoms with E-state index in [0.717, 1.165) is 28.1 Å². The lowest BCUT2D eigenvalue weighted by Crippen LogP contribution is -2.23. The number of ether oxygens (including phenoxy) is 1. The SMILES string of the molecule is COc1ccccc1CNC(=O)c1ccc2ncc3c(=O)n(-c4ccc(C)c(C)c4)[nH]c3c2c1. The number of para-hydroxylation sites is 1. The highest BCUT2D eigenvalue weighted by molar-refractivity contribution is 6.06. The second-order valence-electron chi connectivity index (χ2n) is 8.29. The summed E-state index contributed by atoms with van der Waals surface area (Å²) >= 11 is 0. The molecule has 7 nitrogen and oxygen atoms in total. The maximum absolute atomic E-state index is 13.1. The fourth-order valence-electron chi connectivity index (χ4n) is 4.07. The van der Waals surface area contributed by atoms with Crippen LogP contribution in [0.5, 0.6) is 5.75 Å². The molecule has 34 heavy (non-hydrogen) atoms. The number of rotatable bonds is 5. The van der Waals surface area contributed by atoms with Crippen molar-refractivity contribution < 1.29 is 9.53 Å². The molecule has 1 amide bonds. The number of pyridine rings is 1. The number of H-pyrrole nitrogens is 1. The van der Waals surface area contributed by atoms with Crippen molar-refractivity contribution >= 4 is 27.7 Å². The Morgan fingerprint density at radius 3 is 2.65 bits per heavy atom. The number of benzene rings is 3. The highest BCUT2D eigenvalue weighted by atomic mass is 16.5. The summed E-state index contributed by atoms with van der Waals surface area (Å²) in [7, 11) is 1.60. The summed E-state index contributed by atoms with van der Waals surface area (Å²) in [4.78, 5) is 30.5. The number of nitrogens with zero attached hydrogens (tertiary/aromatic N) is 2. The van der Waals surface area contributed by atoms with Gasteiger partial charge in [0.1, 0.15) is 5.75 Å².